The van der Waals surface area contributed by atoms with Crippen molar-refractivity contribution >= 4 is 65.8 Å². The summed E-state index contributed by atoms with van der Waals surface area (Å²) < 4.78 is 15.4. The fraction of sp³-hybridized carbons (Fsp3) is 0. The van der Waals surface area contributed by atoms with Crippen LogP contribution >= 0.6 is 0 Å². The fourth-order valence-electron chi connectivity index (χ4n) is 9.01. The van der Waals surface area contributed by atoms with Crippen molar-refractivity contribution in [3.8, 4) is 62.5 Å². The maximum absolute atomic E-state index is 6.86. The molecule has 0 radical (unpaired) electrons. The number of fused-ring (bicyclic) bond motifs is 9. The lowest BCUT2D eigenvalue weighted by Gasteiger charge is -2.11. The van der Waals surface area contributed by atoms with Gasteiger partial charge in [-0.3, -0.25) is 4.57 Å². The van der Waals surface area contributed by atoms with Gasteiger partial charge < -0.3 is 8.83 Å². The van der Waals surface area contributed by atoms with Crippen molar-refractivity contribution in [2.75, 3.05) is 0 Å². The predicted molar refractivity (Wildman–Crippen MR) is 251 cm³/mol. The van der Waals surface area contributed by atoms with Gasteiger partial charge in [0.1, 0.15) is 28.0 Å². The highest BCUT2D eigenvalue weighted by Crippen LogP contribution is 2.42. The zero-order valence-corrected chi connectivity index (χ0v) is 33.5. The van der Waals surface area contributed by atoms with Crippen LogP contribution in [0.5, 0.6) is 0 Å². The monoisotopic (exact) mass is 808 g/mol. The number of nitrogens with zero attached hydrogens (tertiary/aromatic N) is 6. The van der Waals surface area contributed by atoms with Crippen LogP contribution in [0.15, 0.2) is 203 Å². The van der Waals surface area contributed by atoms with Gasteiger partial charge in [0.2, 0.25) is 5.95 Å². The summed E-state index contributed by atoms with van der Waals surface area (Å²) in [6, 6.07) is 65.8. The molecule has 0 saturated heterocycles. The summed E-state index contributed by atoms with van der Waals surface area (Å²) in [5.74, 6) is 2.12. The molecule has 0 unspecified atom stereocenters. The van der Waals surface area contributed by atoms with Crippen LogP contribution in [0.3, 0.4) is 0 Å². The summed E-state index contributed by atoms with van der Waals surface area (Å²) in [6.45, 7) is 0. The van der Waals surface area contributed by atoms with E-state index in [0.717, 1.165) is 88.1 Å². The molecular formula is C55H32N6O2. The first-order valence-corrected chi connectivity index (χ1v) is 20.8. The molecule has 294 valence electrons. The Morgan fingerprint density at radius 2 is 0.952 bits per heavy atom. The zero-order chi connectivity index (χ0) is 41.4. The lowest BCUT2D eigenvalue weighted by atomic mass is 10.0. The van der Waals surface area contributed by atoms with E-state index >= 15 is 0 Å². The molecule has 8 heteroatoms. The molecule has 0 aliphatic carbocycles. The second kappa shape index (κ2) is 13.9. The highest BCUT2D eigenvalue weighted by molar-refractivity contribution is 6.16. The second-order valence-corrected chi connectivity index (χ2v) is 15.6. The molecule has 5 aromatic heterocycles. The Morgan fingerprint density at radius 1 is 0.349 bits per heavy atom. The van der Waals surface area contributed by atoms with Gasteiger partial charge in [0.25, 0.3) is 0 Å². The van der Waals surface area contributed by atoms with E-state index in [-0.39, 0.29) is 0 Å². The normalized spacial score (nSPS) is 11.8. The molecule has 0 atom stereocenters. The molecule has 0 bridgehead atoms. The van der Waals surface area contributed by atoms with Crippen molar-refractivity contribution in [3.05, 3.63) is 194 Å². The minimum Gasteiger partial charge on any atom is -0.455 e. The Balaban J connectivity index is 1.05. The van der Waals surface area contributed by atoms with E-state index in [1.165, 1.54) is 0 Å². The van der Waals surface area contributed by atoms with E-state index in [1.807, 2.05) is 115 Å². The summed E-state index contributed by atoms with van der Waals surface area (Å²) in [4.78, 5) is 26.2. The average Bonchev–Trinajstić information content (AvgIpc) is 4.04. The van der Waals surface area contributed by atoms with Crippen molar-refractivity contribution < 1.29 is 8.83 Å². The molecule has 63 heavy (non-hydrogen) atoms. The predicted octanol–water partition coefficient (Wildman–Crippen LogP) is 13.9. The van der Waals surface area contributed by atoms with Crippen molar-refractivity contribution in [1.29, 1.82) is 0 Å². The van der Waals surface area contributed by atoms with Crippen LogP contribution in [0.1, 0.15) is 0 Å². The first-order chi connectivity index (χ1) is 31.2. The van der Waals surface area contributed by atoms with Crippen LogP contribution in [-0.2, 0) is 0 Å². The molecule has 0 aliphatic rings. The Labute approximate surface area is 359 Å². The minimum absolute atomic E-state index is 0.490. The van der Waals surface area contributed by atoms with Gasteiger partial charge in [-0.1, -0.05) is 158 Å². The third-order valence-corrected chi connectivity index (χ3v) is 11.9. The summed E-state index contributed by atoms with van der Waals surface area (Å²) in [6.07, 6.45) is 0. The smallest absolute Gasteiger partial charge is 0.238 e. The number of furan rings is 2. The molecule has 5 heterocycles. The lowest BCUT2D eigenvalue weighted by Crippen LogP contribution is -2.06. The van der Waals surface area contributed by atoms with Gasteiger partial charge in [-0.25, -0.2) is 15.0 Å². The van der Waals surface area contributed by atoms with Gasteiger partial charge in [-0.05, 0) is 47.5 Å². The molecule has 13 rings (SSSR count). The molecule has 0 saturated carbocycles. The molecule has 0 fully saturated rings. The van der Waals surface area contributed by atoms with Gasteiger partial charge in [-0.2, -0.15) is 9.97 Å². The highest BCUT2D eigenvalue weighted by Gasteiger charge is 2.24. The van der Waals surface area contributed by atoms with E-state index in [0.29, 0.717) is 40.2 Å². The maximum Gasteiger partial charge on any atom is 0.238 e. The van der Waals surface area contributed by atoms with Crippen LogP contribution in [0.2, 0.25) is 0 Å². The molecule has 0 aliphatic heterocycles. The number of hydrogen-bond donors (Lipinski definition) is 0. The molecule has 8 nitrogen and oxygen atoms in total. The quantitative estimate of drug-likeness (QED) is 0.165. The number of rotatable bonds is 6. The standard InChI is InChI=1S/C55H32N6O2/c1-4-16-33(17-5-1)36-30-31-38-37-22-10-12-27-43(37)61(44(38)32-36)55-59-52(35-20-8-3-9-21-35)58-54(60-55)42-26-14-24-40-47-41(25-15-29-46(47)63-50(40)42)53-56-48(34-18-6-2-7-19-34)51-49(57-53)39-23-11-13-28-45(39)62-51/h1-32H. The van der Waals surface area contributed by atoms with Crippen LogP contribution < -0.4 is 0 Å². The fourth-order valence-corrected chi connectivity index (χ4v) is 9.01. The number of hydrogen-bond acceptors (Lipinski definition) is 7. The molecule has 8 aromatic carbocycles. The van der Waals surface area contributed by atoms with E-state index in [9.17, 15) is 0 Å². The van der Waals surface area contributed by atoms with Gasteiger partial charge in [0.05, 0.1) is 16.6 Å². The topological polar surface area (TPSA) is 95.7 Å². The molecule has 0 N–H and O–H groups in total. The largest absolute Gasteiger partial charge is 0.455 e. The van der Waals surface area contributed by atoms with Gasteiger partial charge >= 0.3 is 0 Å². The Kier molecular flexibility index (Phi) is 7.74. The molecular weight excluding hydrogens is 777 g/mol. The van der Waals surface area contributed by atoms with Crippen LogP contribution in [0.25, 0.3) is 128 Å². The zero-order valence-electron chi connectivity index (χ0n) is 33.5. The summed E-state index contributed by atoms with van der Waals surface area (Å²) >= 11 is 0. The molecule has 13 aromatic rings. The molecule has 0 spiro atoms. The third-order valence-electron chi connectivity index (χ3n) is 11.9. The van der Waals surface area contributed by atoms with Gasteiger partial charge in [0.15, 0.2) is 23.1 Å². The van der Waals surface area contributed by atoms with Crippen LogP contribution in [-0.4, -0.2) is 29.5 Å². The summed E-state index contributed by atoms with van der Waals surface area (Å²) in [5.41, 5.74) is 11.9. The van der Waals surface area contributed by atoms with Gasteiger partial charge in [-0.15, -0.1) is 0 Å². The number of aromatic nitrogens is 6. The van der Waals surface area contributed by atoms with E-state index < -0.39 is 0 Å². The van der Waals surface area contributed by atoms with Crippen molar-refractivity contribution in [2.24, 2.45) is 0 Å². The second-order valence-electron chi connectivity index (χ2n) is 15.6. The van der Waals surface area contributed by atoms with Crippen LogP contribution in [0, 0.1) is 0 Å². The Bertz CT molecular complexity index is 3910. The number of para-hydroxylation sites is 3. The van der Waals surface area contributed by atoms with Crippen molar-refractivity contribution in [2.45, 2.75) is 0 Å². The minimum atomic E-state index is 0.490. The maximum atomic E-state index is 6.86. The first kappa shape index (κ1) is 35.0. The molecule has 0 amide bonds. The van der Waals surface area contributed by atoms with E-state index in [1.54, 1.807) is 0 Å². The van der Waals surface area contributed by atoms with E-state index in [2.05, 4.69) is 83.4 Å². The SMILES string of the molecule is c1ccc(-c2ccc3c4ccccc4n(-c4nc(-c5ccccc5)nc(-c5cccc6c5oc5cccc(-c7nc(-c8ccccc8)c8oc9ccccc9c8n7)c56)n4)c3c2)cc1. The summed E-state index contributed by atoms with van der Waals surface area (Å²) in [7, 11) is 0. The highest BCUT2D eigenvalue weighted by atomic mass is 16.3. The Morgan fingerprint density at radius 3 is 1.78 bits per heavy atom. The Hall–Kier alpha value is -8.75. The van der Waals surface area contributed by atoms with Gasteiger partial charge in [0, 0.05) is 43.6 Å². The van der Waals surface area contributed by atoms with Crippen molar-refractivity contribution in [1.82, 2.24) is 29.5 Å². The van der Waals surface area contributed by atoms with Crippen LogP contribution in [0.4, 0.5) is 0 Å². The first-order valence-electron chi connectivity index (χ1n) is 20.8. The average molecular weight is 809 g/mol. The third kappa shape index (κ3) is 5.58. The lowest BCUT2D eigenvalue weighted by molar-refractivity contribution is 0.667. The number of benzene rings is 8. The summed E-state index contributed by atoms with van der Waals surface area (Å²) in [5, 5.41) is 4.95. The van der Waals surface area contributed by atoms with Crippen molar-refractivity contribution in [3.63, 3.8) is 0 Å². The van der Waals surface area contributed by atoms with E-state index in [4.69, 9.17) is 33.8 Å².